The van der Waals surface area contributed by atoms with Crippen molar-refractivity contribution in [3.05, 3.63) is 36.3 Å². The van der Waals surface area contributed by atoms with Gasteiger partial charge in [0.1, 0.15) is 18.2 Å². The zero-order valence-electron chi connectivity index (χ0n) is 14.3. The Balaban J connectivity index is 1.40. The summed E-state index contributed by atoms with van der Waals surface area (Å²) in [7, 11) is 1.60. The summed E-state index contributed by atoms with van der Waals surface area (Å²) in [6.45, 7) is 3.84. The third-order valence-electron chi connectivity index (χ3n) is 4.41. The van der Waals surface area contributed by atoms with E-state index in [4.69, 9.17) is 9.47 Å². The minimum Gasteiger partial charge on any atom is -0.489 e. The maximum absolute atomic E-state index is 6.03. The van der Waals surface area contributed by atoms with Crippen LogP contribution in [0.4, 0.5) is 5.82 Å². The van der Waals surface area contributed by atoms with Crippen molar-refractivity contribution in [1.82, 2.24) is 24.8 Å². The van der Waals surface area contributed by atoms with Gasteiger partial charge in [0.25, 0.3) is 0 Å². The van der Waals surface area contributed by atoms with Gasteiger partial charge >= 0.3 is 0 Å². The van der Waals surface area contributed by atoms with Gasteiger partial charge in [-0.05, 0) is 24.6 Å². The number of nitrogens with zero attached hydrogens (tertiary/aromatic N) is 6. The first kappa shape index (κ1) is 15.6. The van der Waals surface area contributed by atoms with Gasteiger partial charge in [-0.2, -0.15) is 0 Å². The molecule has 0 aliphatic carbocycles. The number of aromatic nitrogens is 5. The Morgan fingerprint density at radius 1 is 1.16 bits per heavy atom. The summed E-state index contributed by atoms with van der Waals surface area (Å²) in [4.78, 5) is 10.6. The lowest BCUT2D eigenvalue weighted by Crippen LogP contribution is -2.39. The van der Waals surface area contributed by atoms with Crippen molar-refractivity contribution in [2.75, 3.05) is 25.1 Å². The number of hydrogen-bond donors (Lipinski definition) is 0. The zero-order valence-corrected chi connectivity index (χ0v) is 14.3. The number of hydrogen-bond acceptors (Lipinski definition) is 7. The second-order valence-electron chi connectivity index (χ2n) is 6.10. The summed E-state index contributed by atoms with van der Waals surface area (Å²) in [5, 5.41) is 8.72. The third-order valence-corrected chi connectivity index (χ3v) is 4.41. The minimum atomic E-state index is 0.182. The molecule has 0 unspecified atom stereocenters. The van der Waals surface area contributed by atoms with Crippen molar-refractivity contribution in [3.63, 3.8) is 0 Å². The molecule has 0 amide bonds. The molecule has 0 aromatic carbocycles. The van der Waals surface area contributed by atoms with E-state index < -0.39 is 0 Å². The molecule has 4 heterocycles. The number of piperidine rings is 1. The Morgan fingerprint density at radius 2 is 2.00 bits per heavy atom. The van der Waals surface area contributed by atoms with E-state index in [1.165, 1.54) is 6.33 Å². The molecule has 3 aromatic rings. The lowest BCUT2D eigenvalue weighted by Gasteiger charge is -2.33. The van der Waals surface area contributed by atoms with Crippen LogP contribution >= 0.6 is 0 Å². The molecule has 8 nitrogen and oxygen atoms in total. The molecule has 0 radical (unpaired) electrons. The van der Waals surface area contributed by atoms with Crippen LogP contribution in [0.15, 0.2) is 30.7 Å². The Labute approximate surface area is 145 Å². The number of fused-ring (bicyclic) bond motifs is 1. The Bertz CT molecular complexity index is 855. The van der Waals surface area contributed by atoms with Crippen molar-refractivity contribution in [3.8, 4) is 11.6 Å². The highest BCUT2D eigenvalue weighted by Gasteiger charge is 2.23. The highest BCUT2D eigenvalue weighted by atomic mass is 16.5. The van der Waals surface area contributed by atoms with Gasteiger partial charge in [0, 0.05) is 32.0 Å². The summed E-state index contributed by atoms with van der Waals surface area (Å²) < 4.78 is 12.7. The van der Waals surface area contributed by atoms with Gasteiger partial charge in [0.2, 0.25) is 5.88 Å². The number of aryl methyl sites for hydroxylation is 1. The van der Waals surface area contributed by atoms with E-state index in [0.29, 0.717) is 5.88 Å². The van der Waals surface area contributed by atoms with Crippen LogP contribution in [-0.2, 0) is 0 Å². The van der Waals surface area contributed by atoms with Gasteiger partial charge in [-0.1, -0.05) is 0 Å². The molecule has 0 bridgehead atoms. The fourth-order valence-electron chi connectivity index (χ4n) is 3.09. The van der Waals surface area contributed by atoms with Crippen molar-refractivity contribution in [2.45, 2.75) is 25.9 Å². The van der Waals surface area contributed by atoms with E-state index in [1.807, 2.05) is 18.2 Å². The zero-order chi connectivity index (χ0) is 17.2. The van der Waals surface area contributed by atoms with Crippen LogP contribution in [0.2, 0.25) is 0 Å². The number of anilines is 1. The van der Waals surface area contributed by atoms with Crippen molar-refractivity contribution in [2.24, 2.45) is 0 Å². The number of methoxy groups -OCH3 is 1. The van der Waals surface area contributed by atoms with Crippen LogP contribution in [0.25, 0.3) is 5.65 Å². The van der Waals surface area contributed by atoms with E-state index in [0.717, 1.165) is 48.7 Å². The molecule has 1 aliphatic rings. The van der Waals surface area contributed by atoms with Gasteiger partial charge < -0.3 is 14.4 Å². The van der Waals surface area contributed by atoms with Crippen molar-refractivity contribution >= 4 is 11.5 Å². The first-order chi connectivity index (χ1) is 12.2. The molecule has 0 spiro atoms. The highest BCUT2D eigenvalue weighted by Crippen LogP contribution is 2.24. The summed E-state index contributed by atoms with van der Waals surface area (Å²) in [6.07, 6.45) is 5.27. The lowest BCUT2D eigenvalue weighted by molar-refractivity contribution is 0.169. The predicted octanol–water partition coefficient (Wildman–Crippen LogP) is 1.88. The smallest absolute Gasteiger partial charge is 0.213 e. The molecular formula is C17H20N6O2. The average Bonchev–Trinajstić information content (AvgIpc) is 3.09. The summed E-state index contributed by atoms with van der Waals surface area (Å²) in [5.41, 5.74) is 1.88. The molecule has 3 aromatic heterocycles. The number of ether oxygens (including phenoxy) is 2. The largest absolute Gasteiger partial charge is 0.489 e. The van der Waals surface area contributed by atoms with Crippen LogP contribution in [0, 0.1) is 6.92 Å². The van der Waals surface area contributed by atoms with Crippen LogP contribution < -0.4 is 14.4 Å². The molecule has 130 valence electrons. The second kappa shape index (κ2) is 6.54. The van der Waals surface area contributed by atoms with Crippen LogP contribution in [0.5, 0.6) is 11.6 Å². The molecule has 25 heavy (non-hydrogen) atoms. The topological polar surface area (TPSA) is 77.7 Å². The maximum atomic E-state index is 6.03. The fourth-order valence-corrected chi connectivity index (χ4v) is 3.09. The van der Waals surface area contributed by atoms with E-state index in [2.05, 4.69) is 32.0 Å². The van der Waals surface area contributed by atoms with Gasteiger partial charge in [0.15, 0.2) is 11.5 Å². The van der Waals surface area contributed by atoms with Crippen LogP contribution in [0.3, 0.4) is 0 Å². The molecule has 1 aliphatic heterocycles. The van der Waals surface area contributed by atoms with Gasteiger partial charge in [-0.3, -0.25) is 0 Å². The lowest BCUT2D eigenvalue weighted by atomic mass is 10.1. The molecule has 8 heteroatoms. The molecule has 1 fully saturated rings. The molecule has 4 rings (SSSR count). The number of rotatable bonds is 4. The van der Waals surface area contributed by atoms with Gasteiger partial charge in [-0.25, -0.2) is 9.97 Å². The van der Waals surface area contributed by atoms with E-state index in [1.54, 1.807) is 17.9 Å². The molecule has 0 saturated carbocycles. The monoisotopic (exact) mass is 340 g/mol. The summed E-state index contributed by atoms with van der Waals surface area (Å²) >= 11 is 0. The average molecular weight is 340 g/mol. The quantitative estimate of drug-likeness (QED) is 0.717. The summed E-state index contributed by atoms with van der Waals surface area (Å²) in [5.74, 6) is 2.33. The first-order valence-corrected chi connectivity index (χ1v) is 8.32. The minimum absolute atomic E-state index is 0.182. The van der Waals surface area contributed by atoms with Gasteiger partial charge in [-0.15, -0.1) is 14.8 Å². The molecular weight excluding hydrogens is 320 g/mol. The number of pyridine rings is 1. The van der Waals surface area contributed by atoms with Crippen LogP contribution in [-0.4, -0.2) is 51.1 Å². The van der Waals surface area contributed by atoms with E-state index >= 15 is 0 Å². The second-order valence-corrected chi connectivity index (χ2v) is 6.10. The van der Waals surface area contributed by atoms with Crippen molar-refractivity contribution in [1.29, 1.82) is 0 Å². The highest BCUT2D eigenvalue weighted by molar-refractivity contribution is 5.52. The van der Waals surface area contributed by atoms with Crippen LogP contribution in [0.1, 0.15) is 18.4 Å². The summed E-state index contributed by atoms with van der Waals surface area (Å²) in [6, 6.07) is 5.72. The molecule has 1 saturated heterocycles. The Morgan fingerprint density at radius 3 is 2.72 bits per heavy atom. The van der Waals surface area contributed by atoms with Gasteiger partial charge in [0.05, 0.1) is 13.3 Å². The van der Waals surface area contributed by atoms with E-state index in [9.17, 15) is 0 Å². The van der Waals surface area contributed by atoms with Crippen molar-refractivity contribution < 1.29 is 9.47 Å². The fraction of sp³-hybridized carbons (Fsp3) is 0.412. The standard InChI is InChI=1S/C17H20N6O2/c1-12-9-15-19-11-20-23(15)21-17(12)22-7-5-13(6-8-22)25-14-3-4-16(24-2)18-10-14/h3-4,9-11,13H,5-8H2,1-2H3. The third kappa shape index (κ3) is 3.19. The molecule has 0 N–H and O–H groups in total. The molecule has 0 atom stereocenters. The maximum Gasteiger partial charge on any atom is 0.213 e. The predicted molar refractivity (Wildman–Crippen MR) is 92.2 cm³/mol. The Hall–Kier alpha value is -2.90. The SMILES string of the molecule is COc1ccc(OC2CCN(c3nn4ncnc4cc3C)CC2)cn1. The normalized spacial score (nSPS) is 15.5. The van der Waals surface area contributed by atoms with E-state index in [-0.39, 0.29) is 6.10 Å². The Kier molecular flexibility index (Phi) is 4.09. The first-order valence-electron chi connectivity index (χ1n) is 8.32.